The number of ether oxygens (including phenoxy) is 2. The summed E-state index contributed by atoms with van der Waals surface area (Å²) in [5, 5.41) is 1.33. The van der Waals surface area contributed by atoms with E-state index in [9.17, 15) is 0 Å². The van der Waals surface area contributed by atoms with Crippen molar-refractivity contribution < 1.29 is 9.47 Å². The van der Waals surface area contributed by atoms with Crippen molar-refractivity contribution in [1.29, 1.82) is 0 Å². The van der Waals surface area contributed by atoms with Gasteiger partial charge in [-0.1, -0.05) is 91.7 Å². The molecule has 2 aliphatic heterocycles. The second-order valence-electron chi connectivity index (χ2n) is 12.0. The first-order valence-corrected chi connectivity index (χ1v) is 15.8. The van der Waals surface area contributed by atoms with Gasteiger partial charge in [0.25, 0.3) is 0 Å². The third kappa shape index (κ3) is 6.96. The van der Waals surface area contributed by atoms with Gasteiger partial charge < -0.3 is 25.1 Å². The van der Waals surface area contributed by atoms with E-state index < -0.39 is 0 Å². The Morgan fingerprint density at radius 3 is 1.93 bits per heavy atom. The topological polar surface area (TPSA) is 66.8 Å². The van der Waals surface area contributed by atoms with E-state index in [2.05, 4.69) is 106 Å². The molecule has 1 aromatic heterocycles. The summed E-state index contributed by atoms with van der Waals surface area (Å²) in [6.45, 7) is 6.17. The summed E-state index contributed by atoms with van der Waals surface area (Å²) in [6, 6.07) is 30.3. The van der Waals surface area contributed by atoms with E-state index in [1.807, 2.05) is 0 Å². The van der Waals surface area contributed by atoms with Crippen LogP contribution in [0.25, 0.3) is 10.9 Å². The predicted molar refractivity (Wildman–Crippen MR) is 170 cm³/mol. The van der Waals surface area contributed by atoms with E-state index in [-0.39, 0.29) is 12.2 Å². The van der Waals surface area contributed by atoms with Crippen LogP contribution in [-0.2, 0) is 29.1 Å². The van der Waals surface area contributed by atoms with Gasteiger partial charge in [0.1, 0.15) is 12.2 Å². The lowest BCUT2D eigenvalue weighted by Gasteiger charge is -2.41. The largest absolute Gasteiger partial charge is 0.369 e. The number of rotatable bonds is 15. The summed E-state index contributed by atoms with van der Waals surface area (Å²) < 4.78 is 13.7. The minimum atomic E-state index is 0.0177. The zero-order valence-corrected chi connectivity index (χ0v) is 24.7. The molecule has 2 aliphatic rings. The molecule has 42 heavy (non-hydrogen) atoms. The Labute approximate surface area is 250 Å². The lowest BCUT2D eigenvalue weighted by Crippen LogP contribution is -2.56. The summed E-state index contributed by atoms with van der Waals surface area (Å²) in [5.74, 6) is 0. The normalized spacial score (nSPS) is 22.7. The number of aromatic nitrogens is 1. The molecule has 0 radical (unpaired) electrons. The Balaban J connectivity index is 1.22. The molecule has 3 heterocycles. The van der Waals surface area contributed by atoms with Crippen LogP contribution < -0.4 is 5.73 Å². The van der Waals surface area contributed by atoms with E-state index in [0.29, 0.717) is 25.3 Å². The van der Waals surface area contributed by atoms with Crippen molar-refractivity contribution in [2.75, 3.05) is 32.7 Å². The van der Waals surface area contributed by atoms with E-state index in [1.165, 1.54) is 46.9 Å². The highest BCUT2D eigenvalue weighted by molar-refractivity contribution is 5.83. The first-order chi connectivity index (χ1) is 20.8. The highest BCUT2D eigenvalue weighted by Gasteiger charge is 2.53. The summed E-state index contributed by atoms with van der Waals surface area (Å²) in [6.07, 6.45) is 8.05. The molecule has 0 amide bonds. The summed E-state index contributed by atoms with van der Waals surface area (Å²) in [7, 11) is 0. The average molecular weight is 567 g/mol. The van der Waals surface area contributed by atoms with Crippen molar-refractivity contribution in [2.24, 2.45) is 5.73 Å². The minimum absolute atomic E-state index is 0.0177. The van der Waals surface area contributed by atoms with Gasteiger partial charge in [0, 0.05) is 36.7 Å². The van der Waals surface area contributed by atoms with Crippen molar-refractivity contribution in [3.63, 3.8) is 0 Å². The zero-order valence-electron chi connectivity index (χ0n) is 24.7. The average Bonchev–Trinajstić information content (AvgIpc) is 3.52. The van der Waals surface area contributed by atoms with Gasteiger partial charge in [0.2, 0.25) is 0 Å². The highest BCUT2D eigenvalue weighted by atomic mass is 16.5. The molecule has 1 unspecified atom stereocenters. The Bertz CT molecular complexity index is 1300. The van der Waals surface area contributed by atoms with Crippen molar-refractivity contribution in [3.8, 4) is 0 Å². The van der Waals surface area contributed by atoms with Crippen molar-refractivity contribution in [2.45, 2.75) is 69.6 Å². The molecule has 2 saturated heterocycles. The molecular formula is C36H46N4O2. The number of nitrogens with one attached hydrogen (secondary N) is 1. The van der Waals surface area contributed by atoms with Crippen molar-refractivity contribution in [1.82, 2.24) is 14.8 Å². The lowest BCUT2D eigenvalue weighted by molar-refractivity contribution is -0.0742. The number of benzene rings is 3. The third-order valence-electron chi connectivity index (χ3n) is 9.14. The van der Waals surface area contributed by atoms with Crippen LogP contribution in [0.5, 0.6) is 0 Å². The molecule has 0 aliphatic carbocycles. The molecule has 6 nitrogen and oxygen atoms in total. The molecular weight excluding hydrogens is 520 g/mol. The van der Waals surface area contributed by atoms with Crippen LogP contribution in [0.3, 0.4) is 0 Å². The number of H-pyrrole nitrogens is 1. The molecule has 222 valence electrons. The zero-order chi connectivity index (χ0) is 28.6. The van der Waals surface area contributed by atoms with Crippen LogP contribution in [0, 0.1) is 0 Å². The van der Waals surface area contributed by atoms with Gasteiger partial charge in [0.15, 0.2) is 0 Å². The molecule has 0 saturated carbocycles. The molecule has 2 fully saturated rings. The van der Waals surface area contributed by atoms with E-state index in [0.717, 1.165) is 45.6 Å². The van der Waals surface area contributed by atoms with Gasteiger partial charge in [-0.2, -0.15) is 0 Å². The molecule has 6 heteroatoms. The molecule has 4 aromatic rings. The van der Waals surface area contributed by atoms with E-state index in [4.69, 9.17) is 15.2 Å². The molecule has 0 spiro atoms. The third-order valence-corrected chi connectivity index (χ3v) is 9.14. The fourth-order valence-corrected chi connectivity index (χ4v) is 6.96. The van der Waals surface area contributed by atoms with Gasteiger partial charge in [-0.25, -0.2) is 0 Å². The highest BCUT2D eigenvalue weighted by Crippen LogP contribution is 2.36. The number of nitrogens with two attached hydrogens (primary N) is 1. The smallest absolute Gasteiger partial charge is 0.102 e. The van der Waals surface area contributed by atoms with Crippen molar-refractivity contribution in [3.05, 3.63) is 108 Å². The lowest BCUT2D eigenvalue weighted by atomic mass is 10.1. The first-order valence-electron chi connectivity index (χ1n) is 15.8. The number of fused-ring (bicyclic) bond motifs is 3. The molecule has 2 bridgehead atoms. The Kier molecular flexibility index (Phi) is 10.0. The van der Waals surface area contributed by atoms with Crippen LogP contribution in [-0.4, -0.2) is 71.8 Å². The second-order valence-corrected chi connectivity index (χ2v) is 12.0. The fourth-order valence-electron chi connectivity index (χ4n) is 6.96. The molecule has 6 rings (SSSR count). The van der Waals surface area contributed by atoms with Crippen LogP contribution in [0.15, 0.2) is 91.1 Å². The van der Waals surface area contributed by atoms with Crippen LogP contribution in [0.4, 0.5) is 0 Å². The van der Waals surface area contributed by atoms with Gasteiger partial charge in [0.05, 0.1) is 25.3 Å². The fraction of sp³-hybridized carbons (Fsp3) is 0.444. The number of unbranched alkanes of at least 4 members (excludes halogenated alkanes) is 3. The monoisotopic (exact) mass is 566 g/mol. The maximum absolute atomic E-state index is 6.83. The summed E-state index contributed by atoms with van der Waals surface area (Å²) in [5.41, 5.74) is 10.8. The number of piperazine rings is 1. The summed E-state index contributed by atoms with van der Waals surface area (Å²) in [4.78, 5) is 8.86. The number of likely N-dealkylation sites (tertiary alicyclic amines) is 1. The molecule has 3 aromatic carbocycles. The summed E-state index contributed by atoms with van der Waals surface area (Å²) >= 11 is 0. The molecule has 3 N–H and O–H groups in total. The van der Waals surface area contributed by atoms with Crippen molar-refractivity contribution >= 4 is 10.9 Å². The quantitative estimate of drug-likeness (QED) is 0.179. The minimum Gasteiger partial charge on any atom is -0.369 e. The van der Waals surface area contributed by atoms with Gasteiger partial charge in [-0.15, -0.1) is 0 Å². The number of para-hydroxylation sites is 1. The Morgan fingerprint density at radius 1 is 0.690 bits per heavy atom. The van der Waals surface area contributed by atoms with E-state index >= 15 is 0 Å². The van der Waals surface area contributed by atoms with Crippen LogP contribution in [0.1, 0.15) is 42.4 Å². The number of hydrogen-bond acceptors (Lipinski definition) is 5. The van der Waals surface area contributed by atoms with Gasteiger partial charge in [-0.05, 0) is 55.1 Å². The Morgan fingerprint density at radius 2 is 1.29 bits per heavy atom. The number of aromatic amines is 1. The predicted octanol–water partition coefficient (Wildman–Crippen LogP) is 5.77. The van der Waals surface area contributed by atoms with Gasteiger partial charge in [-0.3, -0.25) is 4.90 Å². The number of nitrogens with zero attached hydrogens (tertiary/aromatic N) is 2. The molecule has 4 atom stereocenters. The standard InChI is InChI=1S/C36H46N4O2/c37-20-11-1-2-12-21-39-24-33-35(41-26-28-13-5-3-6-14-28)36(42-27-29-15-7-4-8-16-29)34(25-39)40(33)22-19-30-23-38-32-18-10-9-17-31(30)32/h3-10,13-18,23,33-36,38H,1-2,11-12,19-22,24-27,37H2/t33-,34?,35+,36+/m0/s1. The van der Waals surface area contributed by atoms with E-state index in [1.54, 1.807) is 0 Å². The maximum Gasteiger partial charge on any atom is 0.102 e. The van der Waals surface area contributed by atoms with Crippen LogP contribution in [0.2, 0.25) is 0 Å². The number of hydrogen-bond donors (Lipinski definition) is 2. The second kappa shape index (κ2) is 14.5. The SMILES string of the molecule is NCCCCCCN1CC2[C@@H](OCc3ccccc3)[C@H](OCc3ccccc3)[C@H](C1)N2CCc1c[nH]c2ccccc12. The first kappa shape index (κ1) is 29.1. The Hall–Kier alpha value is -3.00. The van der Waals surface area contributed by atoms with Gasteiger partial charge >= 0.3 is 0 Å². The van der Waals surface area contributed by atoms with Crippen LogP contribution >= 0.6 is 0 Å². The maximum atomic E-state index is 6.83.